The maximum Gasteiger partial charge on any atom is 0.230 e. The molecular formula is C14H22N2O2. The molecule has 0 aliphatic carbocycles. The van der Waals surface area contributed by atoms with E-state index >= 15 is 0 Å². The number of para-hydroxylation sites is 2. The lowest BCUT2D eigenvalue weighted by atomic mass is 9.88. The molecule has 1 amide bonds. The molecule has 100 valence electrons. The molecule has 1 rings (SSSR count). The number of nitrogens with one attached hydrogen (secondary N) is 1. The molecule has 1 aromatic carbocycles. The van der Waals surface area contributed by atoms with Crippen LogP contribution in [0.25, 0.3) is 0 Å². The second-order valence-corrected chi connectivity index (χ2v) is 4.81. The number of hydrogen-bond donors (Lipinski definition) is 2. The van der Waals surface area contributed by atoms with Crippen molar-refractivity contribution in [2.75, 3.05) is 18.5 Å². The first-order chi connectivity index (χ1) is 8.51. The summed E-state index contributed by atoms with van der Waals surface area (Å²) < 4.78 is 5.47. The summed E-state index contributed by atoms with van der Waals surface area (Å²) in [5.74, 6) is 0.650. The fourth-order valence-corrected chi connectivity index (χ4v) is 1.62. The molecule has 0 atom stereocenters. The standard InChI is InChI=1S/C14H22N2O2/c1-4-18-12-8-6-5-7-11(12)16-13(17)14(2,3)9-10-15/h5-8H,4,9-10,15H2,1-3H3,(H,16,17). The molecule has 3 N–H and O–H groups in total. The molecule has 0 radical (unpaired) electrons. The predicted octanol–water partition coefficient (Wildman–Crippen LogP) is 2.40. The molecule has 1 aromatic rings. The van der Waals surface area contributed by atoms with E-state index in [1.165, 1.54) is 0 Å². The van der Waals surface area contributed by atoms with E-state index in [0.29, 0.717) is 31.0 Å². The van der Waals surface area contributed by atoms with Crippen LogP contribution in [-0.2, 0) is 4.79 Å². The number of amides is 1. The van der Waals surface area contributed by atoms with E-state index in [1.807, 2.05) is 45.0 Å². The van der Waals surface area contributed by atoms with Gasteiger partial charge in [0.2, 0.25) is 5.91 Å². The van der Waals surface area contributed by atoms with Crippen LogP contribution in [0.5, 0.6) is 5.75 Å². The lowest BCUT2D eigenvalue weighted by molar-refractivity contribution is -0.124. The van der Waals surface area contributed by atoms with Gasteiger partial charge in [0.25, 0.3) is 0 Å². The summed E-state index contributed by atoms with van der Waals surface area (Å²) in [6.07, 6.45) is 0.648. The lowest BCUT2D eigenvalue weighted by Crippen LogP contribution is -2.32. The molecule has 18 heavy (non-hydrogen) atoms. The highest BCUT2D eigenvalue weighted by Gasteiger charge is 2.27. The van der Waals surface area contributed by atoms with Gasteiger partial charge in [0.1, 0.15) is 5.75 Å². The van der Waals surface area contributed by atoms with E-state index in [0.717, 1.165) is 0 Å². The van der Waals surface area contributed by atoms with E-state index in [2.05, 4.69) is 5.32 Å². The van der Waals surface area contributed by atoms with Crippen LogP contribution in [0.2, 0.25) is 0 Å². The number of ether oxygens (including phenoxy) is 1. The van der Waals surface area contributed by atoms with Gasteiger partial charge in [0.05, 0.1) is 12.3 Å². The SMILES string of the molecule is CCOc1ccccc1NC(=O)C(C)(C)CCN. The Morgan fingerprint density at radius 2 is 2.06 bits per heavy atom. The van der Waals surface area contributed by atoms with E-state index < -0.39 is 5.41 Å². The average Bonchev–Trinajstić information content (AvgIpc) is 2.32. The minimum atomic E-state index is -0.478. The second kappa shape index (κ2) is 6.40. The normalized spacial score (nSPS) is 11.1. The van der Waals surface area contributed by atoms with Crippen molar-refractivity contribution in [1.29, 1.82) is 0 Å². The molecule has 0 bridgehead atoms. The molecule has 0 heterocycles. The van der Waals surface area contributed by atoms with Crippen molar-refractivity contribution in [3.05, 3.63) is 24.3 Å². The zero-order valence-electron chi connectivity index (χ0n) is 11.3. The average molecular weight is 250 g/mol. The van der Waals surface area contributed by atoms with Crippen molar-refractivity contribution in [2.45, 2.75) is 27.2 Å². The van der Waals surface area contributed by atoms with Gasteiger partial charge < -0.3 is 15.8 Å². The van der Waals surface area contributed by atoms with Gasteiger partial charge in [-0.15, -0.1) is 0 Å². The Bertz CT molecular complexity index is 403. The number of carbonyl (C=O) groups is 1. The number of hydrogen-bond acceptors (Lipinski definition) is 3. The van der Waals surface area contributed by atoms with Gasteiger partial charge in [-0.3, -0.25) is 4.79 Å². The van der Waals surface area contributed by atoms with Crippen molar-refractivity contribution in [3.8, 4) is 5.75 Å². The fraction of sp³-hybridized carbons (Fsp3) is 0.500. The van der Waals surface area contributed by atoms with Gasteiger partial charge in [-0.2, -0.15) is 0 Å². The number of carbonyl (C=O) groups excluding carboxylic acids is 1. The highest BCUT2D eigenvalue weighted by Crippen LogP contribution is 2.27. The topological polar surface area (TPSA) is 64.3 Å². The third kappa shape index (κ3) is 3.74. The maximum absolute atomic E-state index is 12.2. The molecule has 0 aromatic heterocycles. The molecular weight excluding hydrogens is 228 g/mol. The summed E-state index contributed by atoms with van der Waals surface area (Å²) in [4.78, 5) is 12.2. The zero-order valence-corrected chi connectivity index (χ0v) is 11.3. The second-order valence-electron chi connectivity index (χ2n) is 4.81. The van der Waals surface area contributed by atoms with Crippen LogP contribution in [0.1, 0.15) is 27.2 Å². The minimum absolute atomic E-state index is 0.0416. The van der Waals surface area contributed by atoms with Crippen LogP contribution in [-0.4, -0.2) is 19.1 Å². The van der Waals surface area contributed by atoms with Crippen molar-refractivity contribution in [1.82, 2.24) is 0 Å². The molecule has 0 unspecified atom stereocenters. The fourth-order valence-electron chi connectivity index (χ4n) is 1.62. The minimum Gasteiger partial charge on any atom is -0.492 e. The Kier molecular flexibility index (Phi) is 5.16. The van der Waals surface area contributed by atoms with Crippen LogP contribution in [0.15, 0.2) is 24.3 Å². The Morgan fingerprint density at radius 3 is 2.67 bits per heavy atom. The summed E-state index contributed by atoms with van der Waals surface area (Å²) in [7, 11) is 0. The molecule has 0 saturated carbocycles. The number of nitrogens with two attached hydrogens (primary N) is 1. The molecule has 4 heteroatoms. The summed E-state index contributed by atoms with van der Waals surface area (Å²) >= 11 is 0. The third-order valence-corrected chi connectivity index (χ3v) is 2.82. The van der Waals surface area contributed by atoms with E-state index in [4.69, 9.17) is 10.5 Å². The summed E-state index contributed by atoms with van der Waals surface area (Å²) in [5, 5.41) is 2.90. The monoisotopic (exact) mass is 250 g/mol. The Morgan fingerprint density at radius 1 is 1.39 bits per heavy atom. The summed E-state index contributed by atoms with van der Waals surface area (Å²) in [6.45, 7) is 6.75. The first-order valence-electron chi connectivity index (χ1n) is 6.24. The third-order valence-electron chi connectivity index (χ3n) is 2.82. The predicted molar refractivity (Wildman–Crippen MR) is 73.7 cm³/mol. The van der Waals surface area contributed by atoms with E-state index in [9.17, 15) is 4.79 Å². The van der Waals surface area contributed by atoms with Crippen molar-refractivity contribution >= 4 is 11.6 Å². The Labute approximate surface area is 109 Å². The summed E-state index contributed by atoms with van der Waals surface area (Å²) in [6, 6.07) is 7.43. The number of benzene rings is 1. The smallest absolute Gasteiger partial charge is 0.230 e. The Hall–Kier alpha value is -1.55. The maximum atomic E-state index is 12.2. The van der Waals surface area contributed by atoms with Gasteiger partial charge in [0, 0.05) is 5.41 Å². The lowest BCUT2D eigenvalue weighted by Gasteiger charge is -2.23. The van der Waals surface area contributed by atoms with Crippen LogP contribution in [0.4, 0.5) is 5.69 Å². The number of anilines is 1. The first-order valence-corrected chi connectivity index (χ1v) is 6.24. The highest BCUT2D eigenvalue weighted by atomic mass is 16.5. The highest BCUT2D eigenvalue weighted by molar-refractivity contribution is 5.96. The van der Waals surface area contributed by atoms with Gasteiger partial charge >= 0.3 is 0 Å². The van der Waals surface area contributed by atoms with Crippen molar-refractivity contribution < 1.29 is 9.53 Å². The molecule has 0 spiro atoms. The molecule has 0 fully saturated rings. The van der Waals surface area contributed by atoms with Crippen LogP contribution in [0, 0.1) is 5.41 Å². The van der Waals surface area contributed by atoms with Gasteiger partial charge in [0.15, 0.2) is 0 Å². The molecule has 4 nitrogen and oxygen atoms in total. The summed E-state index contributed by atoms with van der Waals surface area (Å²) in [5.41, 5.74) is 5.74. The number of rotatable bonds is 6. The Balaban J connectivity index is 2.81. The van der Waals surface area contributed by atoms with Crippen LogP contribution in [0.3, 0.4) is 0 Å². The van der Waals surface area contributed by atoms with E-state index in [-0.39, 0.29) is 5.91 Å². The molecule has 0 saturated heterocycles. The quantitative estimate of drug-likeness (QED) is 0.814. The first kappa shape index (κ1) is 14.5. The molecule has 0 aliphatic rings. The van der Waals surface area contributed by atoms with Crippen LogP contribution < -0.4 is 15.8 Å². The van der Waals surface area contributed by atoms with Gasteiger partial charge in [-0.25, -0.2) is 0 Å². The largest absolute Gasteiger partial charge is 0.492 e. The van der Waals surface area contributed by atoms with Crippen molar-refractivity contribution in [3.63, 3.8) is 0 Å². The van der Waals surface area contributed by atoms with E-state index in [1.54, 1.807) is 0 Å². The molecule has 0 aliphatic heterocycles. The van der Waals surface area contributed by atoms with Crippen LogP contribution >= 0.6 is 0 Å². The van der Waals surface area contributed by atoms with Crippen molar-refractivity contribution in [2.24, 2.45) is 11.1 Å². The zero-order chi connectivity index (χ0) is 13.6. The van der Waals surface area contributed by atoms with Gasteiger partial charge in [-0.05, 0) is 32.0 Å². The van der Waals surface area contributed by atoms with Gasteiger partial charge in [-0.1, -0.05) is 26.0 Å².